The molecule has 2 N–H and O–H groups in total. The van der Waals surface area contributed by atoms with Gasteiger partial charge in [-0.05, 0) is 53.4 Å². The van der Waals surface area contributed by atoms with Crippen LogP contribution < -0.4 is 5.32 Å². The van der Waals surface area contributed by atoms with Crippen LogP contribution in [0.3, 0.4) is 0 Å². The second kappa shape index (κ2) is 5.18. The molecule has 1 unspecified atom stereocenters. The van der Waals surface area contributed by atoms with E-state index in [0.717, 1.165) is 37.8 Å². The molecule has 0 aliphatic heterocycles. The fourth-order valence-corrected chi connectivity index (χ4v) is 3.77. The lowest BCUT2D eigenvalue weighted by atomic mass is 10.1. The summed E-state index contributed by atoms with van der Waals surface area (Å²) in [5.41, 5.74) is 2.83. The van der Waals surface area contributed by atoms with E-state index in [0.29, 0.717) is 6.42 Å². The van der Waals surface area contributed by atoms with E-state index in [1.54, 1.807) is 11.3 Å². The minimum atomic E-state index is -0.780. The Morgan fingerprint density at radius 1 is 1.55 bits per heavy atom. The normalized spacial score (nSPS) is 17.0. The Kier molecular flexibility index (Phi) is 3.52. The highest BCUT2D eigenvalue weighted by Crippen LogP contribution is 2.39. The molecule has 1 aromatic carbocycles. The summed E-state index contributed by atoms with van der Waals surface area (Å²) in [7, 11) is 0. The van der Waals surface area contributed by atoms with Gasteiger partial charge in [-0.1, -0.05) is 6.07 Å². The first-order valence-corrected chi connectivity index (χ1v) is 7.91. The van der Waals surface area contributed by atoms with Gasteiger partial charge < -0.3 is 10.4 Å². The van der Waals surface area contributed by atoms with Crippen LogP contribution in [0, 0.1) is 6.92 Å². The number of aromatic nitrogens is 1. The molecule has 3 rings (SSSR count). The Morgan fingerprint density at radius 3 is 3.10 bits per heavy atom. The molecular weight excluding hydrogens is 340 g/mol. The minimum absolute atomic E-state index is 0.447. The van der Waals surface area contributed by atoms with E-state index < -0.39 is 11.9 Å². The summed E-state index contributed by atoms with van der Waals surface area (Å²) in [4.78, 5) is 16.7. The molecule has 1 heterocycles. The van der Waals surface area contributed by atoms with Crippen LogP contribution in [0.1, 0.15) is 28.5 Å². The highest BCUT2D eigenvalue weighted by Gasteiger charge is 2.32. The summed E-state index contributed by atoms with van der Waals surface area (Å²) in [5, 5.41) is 13.2. The summed E-state index contributed by atoms with van der Waals surface area (Å²) in [6.07, 6.45) is 1.47. The maximum atomic E-state index is 11.2. The Balaban J connectivity index is 1.88. The molecule has 0 amide bonds. The number of halogens is 1. The van der Waals surface area contributed by atoms with Crippen molar-refractivity contribution in [2.45, 2.75) is 25.7 Å². The summed E-state index contributed by atoms with van der Waals surface area (Å²) in [6, 6.07) is 6.04. The molecule has 20 heavy (non-hydrogen) atoms. The van der Waals surface area contributed by atoms with E-state index in [9.17, 15) is 9.90 Å². The summed E-state index contributed by atoms with van der Waals surface area (Å²) in [5.74, 6) is -1.23. The van der Waals surface area contributed by atoms with Crippen LogP contribution in [0.5, 0.6) is 0 Å². The Labute approximate surface area is 129 Å². The number of rotatable bonds is 3. The van der Waals surface area contributed by atoms with Gasteiger partial charge in [0.05, 0.1) is 11.4 Å². The Bertz CT molecular complexity index is 684. The number of hydrogen-bond donors (Lipinski definition) is 2. The van der Waals surface area contributed by atoms with Crippen LogP contribution >= 0.6 is 27.3 Å². The Hall–Kier alpha value is -1.40. The number of nitrogens with one attached hydrogen (secondary N) is 1. The first kappa shape index (κ1) is 13.6. The molecule has 1 aromatic heterocycles. The highest BCUT2D eigenvalue weighted by atomic mass is 79.9. The largest absolute Gasteiger partial charge is 0.481 e. The zero-order valence-corrected chi connectivity index (χ0v) is 13.2. The molecule has 6 heteroatoms. The van der Waals surface area contributed by atoms with Crippen molar-refractivity contribution in [3.63, 3.8) is 0 Å². The van der Waals surface area contributed by atoms with Crippen molar-refractivity contribution in [2.24, 2.45) is 0 Å². The zero-order chi connectivity index (χ0) is 14.3. The molecule has 1 atom stereocenters. The van der Waals surface area contributed by atoms with Crippen LogP contribution in [0.4, 0.5) is 10.8 Å². The lowest BCUT2D eigenvalue weighted by Crippen LogP contribution is -2.08. The number of anilines is 2. The maximum absolute atomic E-state index is 11.2. The molecule has 0 fully saturated rings. The monoisotopic (exact) mass is 352 g/mol. The fraction of sp³-hybridized carbons (Fsp3) is 0.286. The molecule has 0 spiro atoms. The predicted octanol–water partition coefficient (Wildman–Crippen LogP) is 4.07. The quantitative estimate of drug-likeness (QED) is 0.873. The SMILES string of the molecule is Cc1ccc(Br)c(Nc2nc3c(s2)CCC3C(=O)O)c1. The second-order valence-electron chi connectivity index (χ2n) is 4.87. The van der Waals surface area contributed by atoms with Crippen LogP contribution in [-0.2, 0) is 11.2 Å². The van der Waals surface area contributed by atoms with Crippen LogP contribution in [0.15, 0.2) is 22.7 Å². The van der Waals surface area contributed by atoms with Crippen LogP contribution in [0.25, 0.3) is 0 Å². The third kappa shape index (κ3) is 2.45. The summed E-state index contributed by atoms with van der Waals surface area (Å²) >= 11 is 5.05. The number of carbonyl (C=O) groups is 1. The molecular formula is C14H13BrN2O2S. The summed E-state index contributed by atoms with van der Waals surface area (Å²) < 4.78 is 0.966. The van der Waals surface area contributed by atoms with E-state index in [4.69, 9.17) is 0 Å². The molecule has 0 bridgehead atoms. The van der Waals surface area contributed by atoms with Gasteiger partial charge in [-0.3, -0.25) is 4.79 Å². The van der Waals surface area contributed by atoms with Gasteiger partial charge in [0, 0.05) is 9.35 Å². The van der Waals surface area contributed by atoms with Gasteiger partial charge in [0.15, 0.2) is 5.13 Å². The van der Waals surface area contributed by atoms with Crippen LogP contribution in [0.2, 0.25) is 0 Å². The van der Waals surface area contributed by atoms with Gasteiger partial charge in [-0.25, -0.2) is 4.98 Å². The Morgan fingerprint density at radius 2 is 2.35 bits per heavy atom. The number of carboxylic acid groups (broad SMARTS) is 1. The molecule has 0 radical (unpaired) electrons. The first-order valence-electron chi connectivity index (χ1n) is 6.30. The summed E-state index contributed by atoms with van der Waals surface area (Å²) in [6.45, 7) is 2.03. The molecule has 0 saturated carbocycles. The minimum Gasteiger partial charge on any atom is -0.481 e. The second-order valence-corrected chi connectivity index (χ2v) is 6.80. The zero-order valence-electron chi connectivity index (χ0n) is 10.8. The van der Waals surface area contributed by atoms with Gasteiger partial charge in [0.2, 0.25) is 0 Å². The molecule has 1 aliphatic carbocycles. The highest BCUT2D eigenvalue weighted by molar-refractivity contribution is 9.10. The molecule has 2 aromatic rings. The number of fused-ring (bicyclic) bond motifs is 1. The lowest BCUT2D eigenvalue weighted by molar-refractivity contribution is -0.138. The molecule has 4 nitrogen and oxygen atoms in total. The van der Waals surface area contributed by atoms with Crippen molar-refractivity contribution >= 4 is 44.1 Å². The first-order chi connectivity index (χ1) is 9.54. The number of carboxylic acids is 1. The van der Waals surface area contributed by atoms with E-state index >= 15 is 0 Å². The number of hydrogen-bond acceptors (Lipinski definition) is 4. The number of aryl methyl sites for hydroxylation is 2. The average Bonchev–Trinajstić information content (AvgIpc) is 2.92. The van der Waals surface area contributed by atoms with Crippen LogP contribution in [-0.4, -0.2) is 16.1 Å². The van der Waals surface area contributed by atoms with Crippen molar-refractivity contribution in [3.05, 3.63) is 38.8 Å². The molecule has 1 aliphatic rings. The van der Waals surface area contributed by atoms with Crippen molar-refractivity contribution in [1.82, 2.24) is 4.98 Å². The van der Waals surface area contributed by atoms with Gasteiger partial charge in [-0.2, -0.15) is 0 Å². The average molecular weight is 353 g/mol. The van der Waals surface area contributed by atoms with Crippen molar-refractivity contribution in [3.8, 4) is 0 Å². The third-order valence-corrected chi connectivity index (χ3v) is 5.12. The number of thiazole rings is 1. The smallest absolute Gasteiger partial charge is 0.312 e. The van der Waals surface area contributed by atoms with Gasteiger partial charge in [0.25, 0.3) is 0 Å². The number of nitrogens with zero attached hydrogens (tertiary/aromatic N) is 1. The molecule has 0 saturated heterocycles. The van der Waals surface area contributed by atoms with Gasteiger partial charge in [-0.15, -0.1) is 11.3 Å². The maximum Gasteiger partial charge on any atom is 0.312 e. The topological polar surface area (TPSA) is 62.2 Å². The standard InChI is InChI=1S/C14H13BrN2O2S/c1-7-2-4-9(15)10(6-7)16-14-17-12-8(13(18)19)3-5-11(12)20-14/h2,4,6,8H,3,5H2,1H3,(H,16,17)(H,18,19). The van der Waals surface area contributed by atoms with E-state index in [1.165, 1.54) is 0 Å². The molecule has 104 valence electrons. The third-order valence-electron chi connectivity index (χ3n) is 3.38. The van der Waals surface area contributed by atoms with Crippen molar-refractivity contribution in [1.29, 1.82) is 0 Å². The predicted molar refractivity (Wildman–Crippen MR) is 83.0 cm³/mol. The van der Waals surface area contributed by atoms with E-state index in [-0.39, 0.29) is 0 Å². The fourth-order valence-electron chi connectivity index (χ4n) is 2.37. The number of benzene rings is 1. The van der Waals surface area contributed by atoms with Gasteiger partial charge >= 0.3 is 5.97 Å². The van der Waals surface area contributed by atoms with E-state index in [1.807, 2.05) is 25.1 Å². The van der Waals surface area contributed by atoms with Gasteiger partial charge in [0.1, 0.15) is 5.92 Å². The van der Waals surface area contributed by atoms with E-state index in [2.05, 4.69) is 26.2 Å². The lowest BCUT2D eigenvalue weighted by Gasteiger charge is -2.07. The number of aliphatic carboxylic acids is 1. The van der Waals surface area contributed by atoms with Crippen molar-refractivity contribution < 1.29 is 9.90 Å². The van der Waals surface area contributed by atoms with Crippen molar-refractivity contribution in [2.75, 3.05) is 5.32 Å².